The molecule has 0 radical (unpaired) electrons. The van der Waals surface area contributed by atoms with E-state index in [0.29, 0.717) is 12.4 Å². The van der Waals surface area contributed by atoms with Gasteiger partial charge in [-0.1, -0.05) is 11.6 Å². The summed E-state index contributed by atoms with van der Waals surface area (Å²) in [6.45, 7) is 4.19. The van der Waals surface area contributed by atoms with E-state index < -0.39 is 4.92 Å². The number of nitro benzene ring substituents is 1. The predicted octanol–water partition coefficient (Wildman–Crippen LogP) is 3.51. The number of aryl methyl sites for hydroxylation is 1. The summed E-state index contributed by atoms with van der Waals surface area (Å²) in [4.78, 5) is 19.3. The Morgan fingerprint density at radius 3 is 2.76 bits per heavy atom. The van der Waals surface area contributed by atoms with Crippen molar-refractivity contribution in [3.05, 3.63) is 57.8 Å². The maximum atomic E-state index is 10.8. The second-order valence-electron chi connectivity index (χ2n) is 5.89. The summed E-state index contributed by atoms with van der Waals surface area (Å²) < 4.78 is 5.31. The monoisotopic (exact) mass is 340 g/mol. The zero-order chi connectivity index (χ0) is 17.6. The SMILES string of the molecule is Cc1cc(NCCC2=CCOCC2)nc(-c2ccc([N+](=O)[O-])cc2)n1. The molecule has 3 rings (SSSR count). The Labute approximate surface area is 145 Å². The Morgan fingerprint density at radius 2 is 2.08 bits per heavy atom. The van der Waals surface area contributed by atoms with Crippen LogP contribution >= 0.6 is 0 Å². The van der Waals surface area contributed by atoms with Crippen molar-refractivity contribution < 1.29 is 9.66 Å². The van der Waals surface area contributed by atoms with Gasteiger partial charge in [-0.25, -0.2) is 9.97 Å². The normalized spacial score (nSPS) is 14.0. The summed E-state index contributed by atoms with van der Waals surface area (Å²) in [6.07, 6.45) is 4.08. The minimum absolute atomic E-state index is 0.0551. The van der Waals surface area contributed by atoms with Crippen LogP contribution < -0.4 is 5.32 Å². The lowest BCUT2D eigenvalue weighted by Crippen LogP contribution is -2.10. The van der Waals surface area contributed by atoms with Crippen molar-refractivity contribution in [2.24, 2.45) is 0 Å². The Morgan fingerprint density at radius 1 is 1.28 bits per heavy atom. The molecule has 1 aromatic carbocycles. The quantitative estimate of drug-likeness (QED) is 0.492. The highest BCUT2D eigenvalue weighted by Gasteiger charge is 2.09. The summed E-state index contributed by atoms with van der Waals surface area (Å²) >= 11 is 0. The van der Waals surface area contributed by atoms with Crippen molar-refractivity contribution in [2.45, 2.75) is 19.8 Å². The molecule has 0 atom stereocenters. The highest BCUT2D eigenvalue weighted by Crippen LogP contribution is 2.21. The Hall–Kier alpha value is -2.80. The molecule has 0 bridgehead atoms. The largest absolute Gasteiger partial charge is 0.377 e. The lowest BCUT2D eigenvalue weighted by atomic mass is 10.1. The van der Waals surface area contributed by atoms with Crippen LogP contribution in [0.3, 0.4) is 0 Å². The standard InChI is InChI=1S/C18H20N4O3/c1-13-12-17(19-9-6-14-7-10-25-11-8-14)21-18(20-13)15-2-4-16(5-3-15)22(23)24/h2-5,7,12H,6,8-11H2,1H3,(H,19,20,21). The highest BCUT2D eigenvalue weighted by molar-refractivity contribution is 5.59. The van der Waals surface area contributed by atoms with Crippen molar-refractivity contribution in [3.8, 4) is 11.4 Å². The van der Waals surface area contributed by atoms with Crippen LogP contribution in [0.25, 0.3) is 11.4 Å². The van der Waals surface area contributed by atoms with Gasteiger partial charge in [0.05, 0.1) is 18.1 Å². The molecular weight excluding hydrogens is 320 g/mol. The first-order chi connectivity index (χ1) is 12.1. The molecule has 2 aromatic rings. The maximum absolute atomic E-state index is 10.8. The summed E-state index contributed by atoms with van der Waals surface area (Å²) in [5.74, 6) is 1.32. The molecule has 0 fully saturated rings. The number of anilines is 1. The maximum Gasteiger partial charge on any atom is 0.269 e. The van der Waals surface area contributed by atoms with Gasteiger partial charge in [-0.05, 0) is 31.9 Å². The number of rotatable bonds is 6. The van der Waals surface area contributed by atoms with Crippen LogP contribution in [0.2, 0.25) is 0 Å². The van der Waals surface area contributed by atoms with Gasteiger partial charge in [0.1, 0.15) is 5.82 Å². The molecule has 1 aliphatic heterocycles. The van der Waals surface area contributed by atoms with Gasteiger partial charge in [0, 0.05) is 36.0 Å². The molecular formula is C18H20N4O3. The number of benzene rings is 1. The molecule has 0 amide bonds. The fraction of sp³-hybridized carbons (Fsp3) is 0.333. The van der Waals surface area contributed by atoms with E-state index in [-0.39, 0.29) is 5.69 Å². The first-order valence-electron chi connectivity index (χ1n) is 8.22. The molecule has 130 valence electrons. The summed E-state index contributed by atoms with van der Waals surface area (Å²) in [6, 6.07) is 8.16. The van der Waals surface area contributed by atoms with E-state index >= 15 is 0 Å². The molecule has 7 heteroatoms. The van der Waals surface area contributed by atoms with Crippen LogP contribution in [0, 0.1) is 17.0 Å². The van der Waals surface area contributed by atoms with Crippen molar-refractivity contribution >= 4 is 11.5 Å². The van der Waals surface area contributed by atoms with E-state index in [9.17, 15) is 10.1 Å². The molecule has 0 saturated carbocycles. The van der Waals surface area contributed by atoms with E-state index in [1.54, 1.807) is 12.1 Å². The highest BCUT2D eigenvalue weighted by atomic mass is 16.6. The number of nitrogens with one attached hydrogen (secondary N) is 1. The van der Waals surface area contributed by atoms with Gasteiger partial charge in [-0.2, -0.15) is 0 Å². The fourth-order valence-electron chi connectivity index (χ4n) is 2.66. The van der Waals surface area contributed by atoms with Crippen LogP contribution in [0.5, 0.6) is 0 Å². The average Bonchev–Trinajstić information content (AvgIpc) is 2.62. The van der Waals surface area contributed by atoms with Crippen molar-refractivity contribution in [3.63, 3.8) is 0 Å². The average molecular weight is 340 g/mol. The smallest absolute Gasteiger partial charge is 0.269 e. The van der Waals surface area contributed by atoms with Crippen LogP contribution in [0.1, 0.15) is 18.5 Å². The molecule has 0 spiro atoms. The second-order valence-corrected chi connectivity index (χ2v) is 5.89. The van der Waals surface area contributed by atoms with Crippen LogP contribution in [0.4, 0.5) is 11.5 Å². The Kier molecular flexibility index (Phi) is 5.35. The second kappa shape index (κ2) is 7.85. The van der Waals surface area contributed by atoms with Crippen LogP contribution in [-0.2, 0) is 4.74 Å². The molecule has 0 unspecified atom stereocenters. The van der Waals surface area contributed by atoms with Gasteiger partial charge in [0.15, 0.2) is 5.82 Å². The third kappa shape index (κ3) is 4.60. The number of hydrogen-bond acceptors (Lipinski definition) is 6. The molecule has 0 saturated heterocycles. The number of hydrogen-bond donors (Lipinski definition) is 1. The number of aromatic nitrogens is 2. The minimum atomic E-state index is -0.418. The minimum Gasteiger partial charge on any atom is -0.377 e. The van der Waals surface area contributed by atoms with E-state index in [2.05, 4.69) is 21.4 Å². The molecule has 2 heterocycles. The van der Waals surface area contributed by atoms with Gasteiger partial charge < -0.3 is 10.1 Å². The zero-order valence-electron chi connectivity index (χ0n) is 14.1. The van der Waals surface area contributed by atoms with Crippen molar-refractivity contribution in [1.82, 2.24) is 9.97 Å². The van der Waals surface area contributed by atoms with Crippen LogP contribution in [0.15, 0.2) is 42.0 Å². The van der Waals surface area contributed by atoms with Gasteiger partial charge in [-0.15, -0.1) is 0 Å². The van der Waals surface area contributed by atoms with Crippen molar-refractivity contribution in [1.29, 1.82) is 0 Å². The van der Waals surface area contributed by atoms with E-state index in [1.807, 2.05) is 13.0 Å². The third-order valence-electron chi connectivity index (χ3n) is 4.00. The molecule has 25 heavy (non-hydrogen) atoms. The topological polar surface area (TPSA) is 90.2 Å². The lowest BCUT2D eigenvalue weighted by molar-refractivity contribution is -0.384. The summed E-state index contributed by atoms with van der Waals surface area (Å²) in [7, 11) is 0. The summed E-state index contributed by atoms with van der Waals surface area (Å²) in [5, 5.41) is 14.1. The third-order valence-corrected chi connectivity index (χ3v) is 4.00. The van der Waals surface area contributed by atoms with Crippen LogP contribution in [-0.4, -0.2) is 34.6 Å². The fourth-order valence-corrected chi connectivity index (χ4v) is 2.66. The molecule has 1 N–H and O–H groups in total. The van der Waals surface area contributed by atoms with Gasteiger partial charge in [0.25, 0.3) is 5.69 Å². The molecule has 0 aliphatic carbocycles. The number of ether oxygens (including phenoxy) is 1. The van der Waals surface area contributed by atoms with Gasteiger partial charge >= 0.3 is 0 Å². The number of non-ortho nitro benzene ring substituents is 1. The first-order valence-corrected chi connectivity index (χ1v) is 8.22. The van der Waals surface area contributed by atoms with E-state index in [0.717, 1.165) is 43.1 Å². The Bertz CT molecular complexity index is 787. The Balaban J connectivity index is 1.69. The van der Waals surface area contributed by atoms with Crippen molar-refractivity contribution in [2.75, 3.05) is 25.1 Å². The van der Waals surface area contributed by atoms with E-state index in [1.165, 1.54) is 17.7 Å². The van der Waals surface area contributed by atoms with Gasteiger partial charge in [0.2, 0.25) is 0 Å². The predicted molar refractivity (Wildman–Crippen MR) is 95.5 cm³/mol. The molecule has 1 aliphatic rings. The zero-order valence-corrected chi connectivity index (χ0v) is 14.1. The molecule has 1 aromatic heterocycles. The lowest BCUT2D eigenvalue weighted by Gasteiger charge is -2.14. The van der Waals surface area contributed by atoms with E-state index in [4.69, 9.17) is 4.74 Å². The summed E-state index contributed by atoms with van der Waals surface area (Å²) in [5.41, 5.74) is 3.06. The first kappa shape index (κ1) is 17.0. The molecule has 7 nitrogen and oxygen atoms in total. The number of nitrogens with zero attached hydrogens (tertiary/aromatic N) is 3. The van der Waals surface area contributed by atoms with Gasteiger partial charge in [-0.3, -0.25) is 10.1 Å². The number of nitro groups is 1.